The van der Waals surface area contributed by atoms with E-state index in [1.165, 1.54) is 110 Å². The van der Waals surface area contributed by atoms with Crippen LogP contribution in [-0.2, 0) is 9.53 Å². The van der Waals surface area contributed by atoms with Gasteiger partial charge in [-0.3, -0.25) is 4.79 Å². The highest BCUT2D eigenvalue weighted by molar-refractivity contribution is 8.07. The molecule has 0 bridgehead atoms. The van der Waals surface area contributed by atoms with E-state index >= 15 is 0 Å². The SMILES string of the molecule is CCCCCCC1SC1CCCCCCCCCCCCCC(=O)OC. The van der Waals surface area contributed by atoms with Crippen molar-refractivity contribution in [2.24, 2.45) is 0 Å². The van der Waals surface area contributed by atoms with Gasteiger partial charge in [-0.25, -0.2) is 0 Å². The van der Waals surface area contributed by atoms with Gasteiger partial charge >= 0.3 is 5.97 Å². The third kappa shape index (κ3) is 13.9. The molecular formula is C23H44O2S. The first kappa shape index (κ1) is 23.9. The monoisotopic (exact) mass is 384 g/mol. The van der Waals surface area contributed by atoms with E-state index in [2.05, 4.69) is 23.4 Å². The average molecular weight is 385 g/mol. The van der Waals surface area contributed by atoms with Crippen LogP contribution in [0.5, 0.6) is 0 Å². The van der Waals surface area contributed by atoms with Crippen LogP contribution in [0.25, 0.3) is 0 Å². The minimum absolute atomic E-state index is 0.0622. The zero-order valence-corrected chi connectivity index (χ0v) is 18.4. The van der Waals surface area contributed by atoms with Gasteiger partial charge in [0.2, 0.25) is 0 Å². The topological polar surface area (TPSA) is 26.3 Å². The first-order chi connectivity index (χ1) is 12.8. The molecule has 0 aromatic rings. The molecular weight excluding hydrogens is 340 g/mol. The number of carbonyl (C=O) groups is 1. The van der Waals surface area contributed by atoms with E-state index in [0.29, 0.717) is 6.42 Å². The Labute approximate surface area is 167 Å². The molecule has 0 N–H and O–H groups in total. The summed E-state index contributed by atoms with van der Waals surface area (Å²) in [5.74, 6) is -0.0622. The largest absolute Gasteiger partial charge is 0.469 e. The molecule has 0 radical (unpaired) electrons. The van der Waals surface area contributed by atoms with Crippen molar-refractivity contribution < 1.29 is 9.53 Å². The van der Waals surface area contributed by atoms with Crippen molar-refractivity contribution in [2.45, 2.75) is 133 Å². The van der Waals surface area contributed by atoms with Crippen LogP contribution in [0.3, 0.4) is 0 Å². The molecule has 1 fully saturated rings. The van der Waals surface area contributed by atoms with E-state index in [9.17, 15) is 4.79 Å². The van der Waals surface area contributed by atoms with Gasteiger partial charge in [-0.1, -0.05) is 96.8 Å². The third-order valence-corrected chi connectivity index (χ3v) is 7.14. The molecule has 1 aliphatic heterocycles. The molecule has 0 aliphatic carbocycles. The number of esters is 1. The molecule has 1 saturated heterocycles. The number of ether oxygens (including phenoxy) is 1. The van der Waals surface area contributed by atoms with Crippen molar-refractivity contribution in [1.82, 2.24) is 0 Å². The zero-order valence-electron chi connectivity index (χ0n) is 17.6. The number of thioether (sulfide) groups is 1. The van der Waals surface area contributed by atoms with Crippen LogP contribution in [0.4, 0.5) is 0 Å². The normalized spacial score (nSPS) is 18.8. The molecule has 26 heavy (non-hydrogen) atoms. The lowest BCUT2D eigenvalue weighted by Crippen LogP contribution is -1.99. The van der Waals surface area contributed by atoms with Crippen molar-refractivity contribution in [1.29, 1.82) is 0 Å². The second-order valence-electron chi connectivity index (χ2n) is 8.07. The lowest BCUT2D eigenvalue weighted by atomic mass is 10.0. The molecule has 2 nitrogen and oxygen atoms in total. The maximum atomic E-state index is 11.0. The molecule has 2 atom stereocenters. The van der Waals surface area contributed by atoms with Crippen molar-refractivity contribution in [3.8, 4) is 0 Å². The van der Waals surface area contributed by atoms with Gasteiger partial charge in [0.15, 0.2) is 0 Å². The van der Waals surface area contributed by atoms with Gasteiger partial charge in [0.1, 0.15) is 0 Å². The second-order valence-corrected chi connectivity index (χ2v) is 9.55. The first-order valence-corrected chi connectivity index (χ1v) is 12.4. The van der Waals surface area contributed by atoms with Crippen molar-refractivity contribution in [3.63, 3.8) is 0 Å². The molecule has 0 spiro atoms. The molecule has 0 aromatic heterocycles. The van der Waals surface area contributed by atoms with E-state index < -0.39 is 0 Å². The quantitative estimate of drug-likeness (QED) is 0.130. The van der Waals surface area contributed by atoms with Crippen LogP contribution in [0, 0.1) is 0 Å². The molecule has 2 unspecified atom stereocenters. The molecule has 1 rings (SSSR count). The summed E-state index contributed by atoms with van der Waals surface area (Å²) in [5, 5.41) is 2.05. The first-order valence-electron chi connectivity index (χ1n) is 11.5. The molecule has 0 aromatic carbocycles. The van der Waals surface area contributed by atoms with Crippen LogP contribution in [-0.4, -0.2) is 23.6 Å². The highest BCUT2D eigenvalue weighted by atomic mass is 32.2. The summed E-state index contributed by atoms with van der Waals surface area (Å²) < 4.78 is 4.66. The van der Waals surface area contributed by atoms with Crippen LogP contribution in [0.2, 0.25) is 0 Å². The van der Waals surface area contributed by atoms with Gasteiger partial charge in [0.05, 0.1) is 7.11 Å². The number of unbranched alkanes of at least 4 members (excludes halogenated alkanes) is 13. The highest BCUT2D eigenvalue weighted by Gasteiger charge is 2.36. The standard InChI is InChI=1S/C23H44O2S/c1-3-4-5-15-18-21-22(26-21)19-16-13-11-9-7-6-8-10-12-14-17-20-23(24)25-2/h21-22H,3-20H2,1-2H3. The highest BCUT2D eigenvalue weighted by Crippen LogP contribution is 2.47. The predicted octanol–water partition coefficient (Wildman–Crippen LogP) is 7.69. The Kier molecular flexibility index (Phi) is 15.6. The van der Waals surface area contributed by atoms with Gasteiger partial charge in [0.25, 0.3) is 0 Å². The van der Waals surface area contributed by atoms with Crippen molar-refractivity contribution in [3.05, 3.63) is 0 Å². The Bertz CT molecular complexity index is 332. The summed E-state index contributed by atoms with van der Waals surface area (Å²) in [4.78, 5) is 11.0. The predicted molar refractivity (Wildman–Crippen MR) is 116 cm³/mol. The van der Waals surface area contributed by atoms with E-state index in [1.807, 2.05) is 0 Å². The van der Waals surface area contributed by atoms with E-state index in [-0.39, 0.29) is 5.97 Å². The van der Waals surface area contributed by atoms with Gasteiger partial charge in [-0.2, -0.15) is 11.8 Å². The van der Waals surface area contributed by atoms with Gasteiger partial charge < -0.3 is 4.74 Å². The smallest absolute Gasteiger partial charge is 0.305 e. The molecule has 3 heteroatoms. The fourth-order valence-corrected chi connectivity index (χ4v) is 5.00. The van der Waals surface area contributed by atoms with E-state index in [0.717, 1.165) is 16.9 Å². The summed E-state index contributed by atoms with van der Waals surface area (Å²) in [6.07, 6.45) is 24.0. The molecule has 1 aliphatic rings. The molecule has 0 amide bonds. The lowest BCUT2D eigenvalue weighted by Gasteiger charge is -2.03. The molecule has 0 saturated carbocycles. The Morgan fingerprint density at radius 3 is 1.58 bits per heavy atom. The summed E-state index contributed by atoms with van der Waals surface area (Å²) in [6, 6.07) is 0. The third-order valence-electron chi connectivity index (χ3n) is 5.63. The maximum Gasteiger partial charge on any atom is 0.305 e. The minimum Gasteiger partial charge on any atom is -0.469 e. The Balaban J connectivity index is 1.70. The van der Waals surface area contributed by atoms with Crippen molar-refractivity contribution in [2.75, 3.05) is 7.11 Å². The Morgan fingerprint density at radius 2 is 1.12 bits per heavy atom. The Morgan fingerprint density at radius 1 is 0.692 bits per heavy atom. The van der Waals surface area contributed by atoms with E-state index in [4.69, 9.17) is 0 Å². The number of methoxy groups -OCH3 is 1. The maximum absolute atomic E-state index is 11.0. The molecule has 154 valence electrons. The second kappa shape index (κ2) is 17.0. The average Bonchev–Trinajstić information content (AvgIpc) is 3.40. The molecule has 1 heterocycles. The van der Waals surface area contributed by atoms with Crippen LogP contribution in [0.15, 0.2) is 0 Å². The number of hydrogen-bond donors (Lipinski definition) is 0. The van der Waals surface area contributed by atoms with Crippen LogP contribution in [0.1, 0.15) is 122 Å². The number of carbonyl (C=O) groups excluding carboxylic acids is 1. The van der Waals surface area contributed by atoms with Gasteiger partial charge in [-0.05, 0) is 19.3 Å². The lowest BCUT2D eigenvalue weighted by molar-refractivity contribution is -0.140. The fourth-order valence-electron chi connectivity index (χ4n) is 3.77. The van der Waals surface area contributed by atoms with Crippen LogP contribution >= 0.6 is 11.8 Å². The summed E-state index contributed by atoms with van der Waals surface area (Å²) in [6.45, 7) is 2.30. The van der Waals surface area contributed by atoms with Gasteiger partial charge in [-0.15, -0.1) is 0 Å². The Hall–Kier alpha value is -0.180. The minimum atomic E-state index is -0.0622. The summed E-state index contributed by atoms with van der Waals surface area (Å²) in [5.41, 5.74) is 0. The zero-order chi connectivity index (χ0) is 18.9. The number of hydrogen-bond acceptors (Lipinski definition) is 3. The summed E-state index contributed by atoms with van der Waals surface area (Å²) >= 11 is 2.25. The summed E-state index contributed by atoms with van der Waals surface area (Å²) in [7, 11) is 1.47. The van der Waals surface area contributed by atoms with Crippen LogP contribution < -0.4 is 0 Å². The van der Waals surface area contributed by atoms with Crippen molar-refractivity contribution >= 4 is 17.7 Å². The van der Waals surface area contributed by atoms with E-state index in [1.54, 1.807) is 0 Å². The van der Waals surface area contributed by atoms with Gasteiger partial charge in [0, 0.05) is 16.9 Å². The fraction of sp³-hybridized carbons (Fsp3) is 0.957. The number of rotatable bonds is 19.